The minimum atomic E-state index is -4.46. The van der Waals surface area contributed by atoms with Crippen molar-refractivity contribution in [1.29, 1.82) is 0 Å². The molecule has 12 heteroatoms. The van der Waals surface area contributed by atoms with Crippen LogP contribution in [0.25, 0.3) is 0 Å². The maximum atomic E-state index is 12.3. The van der Waals surface area contributed by atoms with Crippen molar-refractivity contribution in [3.63, 3.8) is 0 Å². The van der Waals surface area contributed by atoms with Crippen molar-refractivity contribution >= 4 is 33.9 Å². The summed E-state index contributed by atoms with van der Waals surface area (Å²) in [4.78, 5) is 41.4. The summed E-state index contributed by atoms with van der Waals surface area (Å²) in [6, 6.07) is 5.16. The average Bonchev–Trinajstić information content (AvgIpc) is 2.58. The molecule has 2 rings (SSSR count). The Bertz CT molecular complexity index is 1040. The summed E-state index contributed by atoms with van der Waals surface area (Å²) >= 11 is 0. The summed E-state index contributed by atoms with van der Waals surface area (Å²) in [6.45, 7) is 2.67. The Kier molecular flexibility index (Phi) is 6.26. The van der Waals surface area contributed by atoms with E-state index in [-0.39, 0.29) is 18.2 Å². The minimum absolute atomic E-state index is 0.153. The number of aryl methyl sites for hydroxylation is 1. The second-order valence-corrected chi connectivity index (χ2v) is 7.12. The van der Waals surface area contributed by atoms with Crippen LogP contribution in [-0.2, 0) is 26.2 Å². The summed E-state index contributed by atoms with van der Waals surface area (Å²) in [6.07, 6.45) is 0. The van der Waals surface area contributed by atoms with Gasteiger partial charge in [0.25, 0.3) is 10.0 Å². The topological polar surface area (TPSA) is 165 Å². The first-order valence-electron chi connectivity index (χ1n) is 7.72. The van der Waals surface area contributed by atoms with Crippen molar-refractivity contribution < 1.29 is 32.6 Å². The van der Waals surface area contributed by atoms with Gasteiger partial charge in [-0.3, -0.25) is 10.1 Å². The highest BCUT2D eigenvalue weighted by atomic mass is 32.2. The zero-order valence-electron chi connectivity index (χ0n) is 14.8. The van der Waals surface area contributed by atoms with Crippen LogP contribution >= 0.6 is 0 Å². The number of nitrogens with zero attached hydrogens (tertiary/aromatic N) is 2. The van der Waals surface area contributed by atoms with Crippen LogP contribution in [0.2, 0.25) is 0 Å². The normalized spacial score (nSPS) is 10.8. The number of aromatic carboxylic acids is 1. The van der Waals surface area contributed by atoms with Gasteiger partial charge in [-0.1, -0.05) is 12.1 Å². The Morgan fingerprint density at radius 2 is 1.86 bits per heavy atom. The highest BCUT2D eigenvalue weighted by Gasteiger charge is 2.24. The van der Waals surface area contributed by atoms with Gasteiger partial charge in [-0.15, -0.1) is 0 Å². The van der Waals surface area contributed by atoms with Gasteiger partial charge in [0.15, 0.2) is 0 Å². The Morgan fingerprint density at radius 1 is 1.18 bits per heavy atom. The van der Waals surface area contributed by atoms with Crippen LogP contribution in [-0.4, -0.2) is 41.5 Å². The quantitative estimate of drug-likeness (QED) is 0.592. The van der Waals surface area contributed by atoms with Crippen molar-refractivity contribution in [3.05, 3.63) is 47.3 Å². The first-order valence-corrected chi connectivity index (χ1v) is 9.21. The number of anilines is 1. The molecule has 0 unspecified atom stereocenters. The molecule has 0 aliphatic rings. The minimum Gasteiger partial charge on any atom is -0.478 e. The number of hydrogen-bond acceptors (Lipinski definition) is 8. The molecule has 0 bridgehead atoms. The molecule has 0 aliphatic heterocycles. The van der Waals surface area contributed by atoms with E-state index in [1.807, 2.05) is 0 Å². The van der Waals surface area contributed by atoms with Crippen LogP contribution in [0.5, 0.6) is 0 Å². The number of rotatable bonds is 6. The van der Waals surface area contributed by atoms with E-state index in [1.54, 1.807) is 11.6 Å². The molecule has 0 fully saturated rings. The van der Waals surface area contributed by atoms with E-state index in [0.717, 1.165) is 12.1 Å². The number of sulfonamides is 1. The number of aromatic nitrogens is 2. The van der Waals surface area contributed by atoms with Crippen molar-refractivity contribution in [2.24, 2.45) is 0 Å². The van der Waals surface area contributed by atoms with Crippen LogP contribution in [0.4, 0.5) is 10.7 Å². The molecule has 2 amide bonds. The summed E-state index contributed by atoms with van der Waals surface area (Å²) in [5, 5.41) is 11.2. The van der Waals surface area contributed by atoms with E-state index in [9.17, 15) is 22.8 Å². The van der Waals surface area contributed by atoms with Gasteiger partial charge in [-0.25, -0.2) is 32.7 Å². The predicted octanol–water partition coefficient (Wildman–Crippen LogP) is 1.06. The number of ether oxygens (including phenoxy) is 1. The molecule has 0 aliphatic carbocycles. The Morgan fingerprint density at radius 3 is 2.50 bits per heavy atom. The van der Waals surface area contributed by atoms with Crippen LogP contribution in [0.15, 0.2) is 35.2 Å². The average molecular weight is 408 g/mol. The van der Waals surface area contributed by atoms with E-state index in [2.05, 4.69) is 15.3 Å². The van der Waals surface area contributed by atoms with E-state index < -0.39 is 38.5 Å². The van der Waals surface area contributed by atoms with Crippen molar-refractivity contribution in [3.8, 4) is 0 Å². The van der Waals surface area contributed by atoms with Gasteiger partial charge in [0.2, 0.25) is 5.95 Å². The lowest BCUT2D eigenvalue weighted by molar-refractivity contribution is -0.142. The smallest absolute Gasteiger partial charge is 0.337 e. The van der Waals surface area contributed by atoms with Crippen molar-refractivity contribution in [2.45, 2.75) is 25.3 Å². The highest BCUT2D eigenvalue weighted by Crippen LogP contribution is 2.15. The number of urea groups is 1. The molecule has 0 radical (unpaired) electrons. The summed E-state index contributed by atoms with van der Waals surface area (Å²) in [5.74, 6) is -2.20. The first-order chi connectivity index (χ1) is 13.1. The molecule has 0 atom stereocenters. The van der Waals surface area contributed by atoms with Crippen LogP contribution in [0, 0.1) is 6.92 Å². The van der Waals surface area contributed by atoms with Gasteiger partial charge < -0.3 is 9.84 Å². The van der Waals surface area contributed by atoms with Gasteiger partial charge >= 0.3 is 18.0 Å². The monoisotopic (exact) mass is 408 g/mol. The van der Waals surface area contributed by atoms with Crippen LogP contribution in [0.1, 0.15) is 28.7 Å². The SMILES string of the molecule is CC(=O)OCc1cc(C)nc(NC(=O)NS(=O)(=O)c2ccccc2C(=O)O)n1. The van der Waals surface area contributed by atoms with Crippen LogP contribution < -0.4 is 10.0 Å². The number of esters is 1. The molecule has 0 saturated heterocycles. The standard InChI is InChI=1S/C16H16N4O7S/c1-9-7-11(8-27-10(2)21)18-15(17-9)19-16(24)20-28(25,26)13-6-4-3-5-12(13)14(22)23/h3-7H,8H2,1-2H3,(H,22,23)(H2,17,18,19,20,24). The zero-order valence-corrected chi connectivity index (χ0v) is 15.6. The zero-order chi connectivity index (χ0) is 20.9. The Labute approximate surface area is 159 Å². The number of carbonyl (C=O) groups excluding carboxylic acids is 2. The predicted molar refractivity (Wildman–Crippen MR) is 95.0 cm³/mol. The number of carboxylic acid groups (broad SMARTS) is 1. The molecule has 3 N–H and O–H groups in total. The third-order valence-electron chi connectivity index (χ3n) is 3.19. The third kappa shape index (κ3) is 5.48. The molecule has 1 aromatic heterocycles. The fraction of sp³-hybridized carbons (Fsp3) is 0.188. The summed E-state index contributed by atoms with van der Waals surface area (Å²) in [5.41, 5.74) is 0.238. The maximum Gasteiger partial charge on any atom is 0.337 e. The third-order valence-corrected chi connectivity index (χ3v) is 4.58. The molecular weight excluding hydrogens is 392 g/mol. The van der Waals surface area contributed by atoms with Gasteiger partial charge in [-0.05, 0) is 25.1 Å². The number of benzene rings is 1. The number of hydrogen-bond donors (Lipinski definition) is 3. The second kappa shape index (κ2) is 8.43. The van der Waals surface area contributed by atoms with Crippen molar-refractivity contribution in [1.82, 2.24) is 14.7 Å². The molecule has 11 nitrogen and oxygen atoms in total. The van der Waals surface area contributed by atoms with E-state index >= 15 is 0 Å². The fourth-order valence-corrected chi connectivity index (χ4v) is 3.23. The molecule has 148 valence electrons. The van der Waals surface area contributed by atoms with Crippen molar-refractivity contribution in [2.75, 3.05) is 5.32 Å². The largest absolute Gasteiger partial charge is 0.478 e. The van der Waals surface area contributed by atoms with Crippen LogP contribution in [0.3, 0.4) is 0 Å². The molecule has 0 spiro atoms. The fourth-order valence-electron chi connectivity index (χ4n) is 2.12. The van der Waals surface area contributed by atoms with Gasteiger partial charge in [0, 0.05) is 12.6 Å². The lowest BCUT2D eigenvalue weighted by atomic mass is 10.2. The second-order valence-electron chi connectivity index (χ2n) is 5.47. The summed E-state index contributed by atoms with van der Waals surface area (Å²) < 4.78 is 31.2. The molecule has 2 aromatic rings. The lowest BCUT2D eigenvalue weighted by Gasteiger charge is -2.11. The van der Waals surface area contributed by atoms with E-state index in [4.69, 9.17) is 9.84 Å². The van der Waals surface area contributed by atoms with Gasteiger partial charge in [0.05, 0.1) is 11.3 Å². The maximum absolute atomic E-state index is 12.3. The Balaban J connectivity index is 2.18. The number of carbonyl (C=O) groups is 3. The Hall–Kier alpha value is -3.54. The molecule has 1 heterocycles. The number of carboxylic acids is 1. The van der Waals surface area contributed by atoms with Gasteiger partial charge in [-0.2, -0.15) is 0 Å². The lowest BCUT2D eigenvalue weighted by Crippen LogP contribution is -2.35. The number of amides is 2. The molecular formula is C16H16N4O7S. The molecule has 28 heavy (non-hydrogen) atoms. The van der Waals surface area contributed by atoms with Gasteiger partial charge in [0.1, 0.15) is 11.5 Å². The first kappa shape index (κ1) is 20.8. The molecule has 0 saturated carbocycles. The highest BCUT2D eigenvalue weighted by molar-refractivity contribution is 7.90. The number of nitrogens with one attached hydrogen (secondary N) is 2. The molecule has 1 aromatic carbocycles. The van der Waals surface area contributed by atoms with E-state index in [1.165, 1.54) is 25.1 Å². The van der Waals surface area contributed by atoms with E-state index in [0.29, 0.717) is 5.69 Å². The summed E-state index contributed by atoms with van der Waals surface area (Å²) in [7, 11) is -4.46.